The molecule has 0 heterocycles. The number of hydrogen-bond donors (Lipinski definition) is 0. The van der Waals surface area contributed by atoms with Crippen molar-refractivity contribution in [1.29, 1.82) is 0 Å². The van der Waals surface area contributed by atoms with Crippen molar-refractivity contribution in [2.24, 2.45) is 5.92 Å². The van der Waals surface area contributed by atoms with Crippen molar-refractivity contribution in [2.45, 2.75) is 32.6 Å². The molecule has 3 heteroatoms. The largest absolute Gasteiger partial charge is 0.465 e. The molecule has 0 radical (unpaired) electrons. The topological polar surface area (TPSA) is 43.4 Å². The normalized spacial score (nSPS) is 18.2. The molecular formula is C23H24O3. The van der Waals surface area contributed by atoms with Gasteiger partial charge in [0.2, 0.25) is 0 Å². The number of carbonyl (C=O) groups excluding carboxylic acids is 2. The first-order chi connectivity index (χ1) is 12.2. The molecule has 2 aromatic rings. The van der Waals surface area contributed by atoms with E-state index in [1.165, 1.54) is 7.11 Å². The van der Waals surface area contributed by atoms with Gasteiger partial charge in [-0.05, 0) is 52.3 Å². The third-order valence-corrected chi connectivity index (χ3v) is 5.28. The van der Waals surface area contributed by atoms with E-state index in [9.17, 15) is 9.59 Å². The zero-order chi connectivity index (χ0) is 19.1. The molecule has 1 aliphatic carbocycles. The molecule has 26 heavy (non-hydrogen) atoms. The molecule has 3 rings (SSSR count). The molecule has 0 N–H and O–H groups in total. The molecule has 2 aromatic carbocycles. The summed E-state index contributed by atoms with van der Waals surface area (Å²) in [4.78, 5) is 24.3. The van der Waals surface area contributed by atoms with Gasteiger partial charge < -0.3 is 4.74 Å². The van der Waals surface area contributed by atoms with Crippen LogP contribution in [-0.2, 0) is 10.2 Å². The Morgan fingerprint density at radius 2 is 1.65 bits per heavy atom. The molecule has 0 amide bonds. The molecule has 0 fully saturated rings. The van der Waals surface area contributed by atoms with E-state index < -0.39 is 0 Å². The molecule has 1 aliphatic rings. The molecule has 0 saturated carbocycles. The summed E-state index contributed by atoms with van der Waals surface area (Å²) in [5.74, 6) is -0.131. The fourth-order valence-electron chi connectivity index (χ4n) is 3.85. The first-order valence-corrected chi connectivity index (χ1v) is 8.81. The van der Waals surface area contributed by atoms with Gasteiger partial charge in [0.05, 0.1) is 12.7 Å². The lowest BCUT2D eigenvalue weighted by Gasteiger charge is -2.35. The minimum Gasteiger partial charge on any atom is -0.465 e. The highest BCUT2D eigenvalue weighted by atomic mass is 16.5. The van der Waals surface area contributed by atoms with Crippen LogP contribution in [0.2, 0.25) is 0 Å². The number of methoxy groups -OCH3 is 1. The Hall–Kier alpha value is -2.68. The Morgan fingerprint density at radius 3 is 2.27 bits per heavy atom. The van der Waals surface area contributed by atoms with Crippen LogP contribution in [0.1, 0.15) is 64.6 Å². The molecule has 0 bridgehead atoms. The van der Waals surface area contributed by atoms with Gasteiger partial charge >= 0.3 is 5.97 Å². The van der Waals surface area contributed by atoms with Gasteiger partial charge in [0, 0.05) is 11.5 Å². The van der Waals surface area contributed by atoms with Gasteiger partial charge in [-0.1, -0.05) is 51.6 Å². The lowest BCUT2D eigenvalue weighted by Crippen LogP contribution is -2.33. The van der Waals surface area contributed by atoms with Gasteiger partial charge in [0.25, 0.3) is 0 Å². The van der Waals surface area contributed by atoms with E-state index in [-0.39, 0.29) is 23.1 Å². The van der Waals surface area contributed by atoms with Crippen molar-refractivity contribution >= 4 is 17.3 Å². The maximum atomic E-state index is 12.7. The lowest BCUT2D eigenvalue weighted by atomic mass is 9.68. The third-order valence-electron chi connectivity index (χ3n) is 5.28. The molecule has 0 spiro atoms. The van der Waals surface area contributed by atoms with Gasteiger partial charge in [-0.2, -0.15) is 0 Å². The average molecular weight is 348 g/mol. The fourth-order valence-corrected chi connectivity index (χ4v) is 3.85. The Bertz CT molecular complexity index is 888. The van der Waals surface area contributed by atoms with Gasteiger partial charge in [0.15, 0.2) is 5.78 Å². The van der Waals surface area contributed by atoms with Crippen LogP contribution < -0.4 is 0 Å². The van der Waals surface area contributed by atoms with Crippen LogP contribution in [-0.4, -0.2) is 18.9 Å². The Labute approximate surface area is 154 Å². The average Bonchev–Trinajstić information content (AvgIpc) is 2.64. The smallest absolute Gasteiger partial charge is 0.337 e. The van der Waals surface area contributed by atoms with Gasteiger partial charge in [-0.25, -0.2) is 4.79 Å². The van der Waals surface area contributed by atoms with Crippen molar-refractivity contribution in [1.82, 2.24) is 0 Å². The number of Topliss-reactive ketones (excluding diaryl/α,β-unsaturated/α-hetero) is 1. The van der Waals surface area contributed by atoms with E-state index in [4.69, 9.17) is 4.74 Å². The number of rotatable bonds is 3. The van der Waals surface area contributed by atoms with E-state index in [0.717, 1.165) is 34.2 Å². The molecule has 1 unspecified atom stereocenters. The van der Waals surface area contributed by atoms with Crippen LogP contribution in [0.15, 0.2) is 49.0 Å². The first-order valence-electron chi connectivity index (χ1n) is 8.81. The number of ether oxygens (including phenoxy) is 1. The number of fused-ring (bicyclic) bond motifs is 1. The second-order valence-electron chi connectivity index (χ2n) is 7.66. The van der Waals surface area contributed by atoms with Gasteiger partial charge in [0.1, 0.15) is 0 Å². The third kappa shape index (κ3) is 3.10. The van der Waals surface area contributed by atoms with E-state index >= 15 is 0 Å². The summed E-state index contributed by atoms with van der Waals surface area (Å²) in [6.45, 7) is 10.6. The van der Waals surface area contributed by atoms with Crippen LogP contribution in [0.25, 0.3) is 5.57 Å². The summed E-state index contributed by atoms with van der Waals surface area (Å²) < 4.78 is 4.73. The number of ketones is 1. The van der Waals surface area contributed by atoms with Crippen LogP contribution in [0, 0.1) is 5.92 Å². The van der Waals surface area contributed by atoms with Crippen molar-refractivity contribution in [3.63, 3.8) is 0 Å². The van der Waals surface area contributed by atoms with E-state index in [1.807, 2.05) is 31.2 Å². The van der Waals surface area contributed by atoms with Crippen LogP contribution >= 0.6 is 0 Å². The fraction of sp³-hybridized carbons (Fsp3) is 0.304. The molecule has 0 saturated heterocycles. The van der Waals surface area contributed by atoms with Crippen molar-refractivity contribution in [3.8, 4) is 0 Å². The lowest BCUT2D eigenvalue weighted by molar-refractivity contribution is 0.0600. The van der Waals surface area contributed by atoms with Gasteiger partial charge in [-0.3, -0.25) is 4.79 Å². The predicted octanol–water partition coefficient (Wildman–Crippen LogP) is 5.03. The van der Waals surface area contributed by atoms with Crippen LogP contribution in [0.3, 0.4) is 0 Å². The Kier molecular flexibility index (Phi) is 4.57. The summed E-state index contributed by atoms with van der Waals surface area (Å²) in [5.41, 5.74) is 5.07. The molecule has 0 aliphatic heterocycles. The molecular weight excluding hydrogens is 324 g/mol. The zero-order valence-electron chi connectivity index (χ0n) is 15.8. The van der Waals surface area contributed by atoms with E-state index in [1.54, 1.807) is 12.1 Å². The molecule has 1 atom stereocenters. The first kappa shape index (κ1) is 18.1. The number of benzene rings is 2. The predicted molar refractivity (Wildman–Crippen MR) is 103 cm³/mol. The highest BCUT2D eigenvalue weighted by Gasteiger charge is 2.36. The maximum absolute atomic E-state index is 12.7. The zero-order valence-corrected chi connectivity index (χ0v) is 15.8. The highest BCUT2D eigenvalue weighted by Crippen LogP contribution is 2.40. The van der Waals surface area contributed by atoms with Crippen LogP contribution in [0.5, 0.6) is 0 Å². The van der Waals surface area contributed by atoms with Crippen LogP contribution in [0.4, 0.5) is 0 Å². The summed E-state index contributed by atoms with van der Waals surface area (Å²) in [5, 5.41) is 0. The minimum atomic E-state index is -0.363. The molecule has 3 nitrogen and oxygen atoms in total. The molecule has 0 aromatic heterocycles. The van der Waals surface area contributed by atoms with Crippen molar-refractivity contribution in [2.75, 3.05) is 7.11 Å². The Morgan fingerprint density at radius 1 is 1.08 bits per heavy atom. The van der Waals surface area contributed by atoms with Gasteiger partial charge in [-0.15, -0.1) is 0 Å². The quantitative estimate of drug-likeness (QED) is 0.730. The summed E-state index contributed by atoms with van der Waals surface area (Å²) in [6.07, 6.45) is 0.869. The second-order valence-corrected chi connectivity index (χ2v) is 7.66. The standard InChI is InChI=1S/C23H24O3/c1-14-13-23(3,4)20-11-10-18(12-19(20)21(14)24)15(2)16-6-8-17(9-7-16)22(25)26-5/h6-12,14H,2,13H2,1,3-5H3. The SMILES string of the molecule is C=C(c1ccc(C(=O)OC)cc1)c1ccc2c(c1)C(=O)C(C)CC2(C)C. The highest BCUT2D eigenvalue weighted by molar-refractivity contribution is 6.01. The van der Waals surface area contributed by atoms with E-state index in [0.29, 0.717) is 5.56 Å². The summed E-state index contributed by atoms with van der Waals surface area (Å²) in [6, 6.07) is 13.2. The van der Waals surface area contributed by atoms with E-state index in [2.05, 4.69) is 26.5 Å². The maximum Gasteiger partial charge on any atom is 0.337 e. The number of hydrogen-bond acceptors (Lipinski definition) is 3. The summed E-state index contributed by atoms with van der Waals surface area (Å²) >= 11 is 0. The Balaban J connectivity index is 1.97. The number of carbonyl (C=O) groups is 2. The summed E-state index contributed by atoms with van der Waals surface area (Å²) in [7, 11) is 1.36. The van der Waals surface area contributed by atoms with Crippen molar-refractivity contribution < 1.29 is 14.3 Å². The monoisotopic (exact) mass is 348 g/mol. The molecule has 134 valence electrons. The minimum absolute atomic E-state index is 0.00924. The van der Waals surface area contributed by atoms with Crippen molar-refractivity contribution in [3.05, 3.63) is 76.9 Å². The number of esters is 1. The second kappa shape index (κ2) is 6.56.